The van der Waals surface area contributed by atoms with Crippen molar-refractivity contribution >= 4 is 21.8 Å². The van der Waals surface area contributed by atoms with Crippen LogP contribution >= 0.6 is 0 Å². The predicted molar refractivity (Wildman–Crippen MR) is 111 cm³/mol. The van der Waals surface area contributed by atoms with Gasteiger partial charge in [-0.3, -0.25) is 9.52 Å². The first-order valence-corrected chi connectivity index (χ1v) is 12.2. The summed E-state index contributed by atoms with van der Waals surface area (Å²) >= 11 is 0. The van der Waals surface area contributed by atoms with Crippen LogP contribution < -0.4 is 4.72 Å². The van der Waals surface area contributed by atoms with E-state index in [4.69, 9.17) is 4.52 Å². The molecular weight excluding hydrogens is 408 g/mol. The molecule has 0 aromatic carbocycles. The fraction of sp³-hybridized carbons (Fsp3) is 0.600. The number of nitrogens with one attached hydrogen (secondary N) is 1. The van der Waals surface area contributed by atoms with Crippen molar-refractivity contribution in [3.05, 3.63) is 24.2 Å². The van der Waals surface area contributed by atoms with Crippen molar-refractivity contribution in [1.82, 2.24) is 15.1 Å². The number of sulfonamides is 1. The van der Waals surface area contributed by atoms with Gasteiger partial charge in [0.2, 0.25) is 21.7 Å². The van der Waals surface area contributed by atoms with E-state index < -0.39 is 16.0 Å². The number of rotatable bonds is 10. The predicted octanol–water partition coefficient (Wildman–Crippen LogP) is 3.81. The van der Waals surface area contributed by atoms with Gasteiger partial charge in [0.05, 0.1) is 12.7 Å². The van der Waals surface area contributed by atoms with Gasteiger partial charge < -0.3 is 9.63 Å². The SMILES string of the molecule is CS(=O)(=O)Nc1ccc(-c2noc([C@H](CCCC3CCCCC3)CC(=O)O)n2)cn1. The lowest BCUT2D eigenvalue weighted by Crippen LogP contribution is -2.10. The van der Waals surface area contributed by atoms with E-state index in [0.717, 1.165) is 25.0 Å². The second kappa shape index (κ2) is 10.0. The third-order valence-corrected chi connectivity index (χ3v) is 5.99. The Labute approximate surface area is 176 Å². The summed E-state index contributed by atoms with van der Waals surface area (Å²) in [7, 11) is -3.41. The van der Waals surface area contributed by atoms with E-state index >= 15 is 0 Å². The van der Waals surface area contributed by atoms with Crippen molar-refractivity contribution < 1.29 is 22.8 Å². The number of carboxylic acid groups (broad SMARTS) is 1. The maximum atomic E-state index is 11.3. The molecule has 0 radical (unpaired) electrons. The lowest BCUT2D eigenvalue weighted by molar-refractivity contribution is -0.137. The molecule has 9 nitrogen and oxygen atoms in total. The van der Waals surface area contributed by atoms with Gasteiger partial charge in [-0.1, -0.05) is 50.1 Å². The van der Waals surface area contributed by atoms with Crippen LogP contribution in [0.25, 0.3) is 11.4 Å². The summed E-state index contributed by atoms with van der Waals surface area (Å²) in [5.74, 6) is 0.325. The summed E-state index contributed by atoms with van der Waals surface area (Å²) in [6.45, 7) is 0. The number of nitrogens with zero attached hydrogens (tertiary/aromatic N) is 3. The van der Waals surface area contributed by atoms with Crippen molar-refractivity contribution in [1.29, 1.82) is 0 Å². The van der Waals surface area contributed by atoms with Gasteiger partial charge in [-0.2, -0.15) is 4.98 Å². The van der Waals surface area contributed by atoms with Gasteiger partial charge in [-0.05, 0) is 24.5 Å². The second-order valence-corrected chi connectivity index (χ2v) is 9.74. The van der Waals surface area contributed by atoms with Gasteiger partial charge >= 0.3 is 5.97 Å². The monoisotopic (exact) mass is 436 g/mol. The number of carbonyl (C=O) groups is 1. The Morgan fingerprint density at radius 3 is 2.70 bits per heavy atom. The highest BCUT2D eigenvalue weighted by atomic mass is 32.2. The Morgan fingerprint density at radius 1 is 1.30 bits per heavy atom. The molecule has 0 saturated heterocycles. The Morgan fingerprint density at radius 2 is 2.07 bits per heavy atom. The number of aromatic nitrogens is 3. The molecular formula is C20H28N4O5S. The molecule has 2 aromatic rings. The molecule has 0 amide bonds. The average Bonchev–Trinajstić information content (AvgIpc) is 3.17. The number of hydrogen-bond donors (Lipinski definition) is 2. The zero-order chi connectivity index (χ0) is 21.6. The van der Waals surface area contributed by atoms with Crippen LogP contribution in [0, 0.1) is 5.92 Å². The molecule has 30 heavy (non-hydrogen) atoms. The number of pyridine rings is 1. The molecule has 10 heteroatoms. The third-order valence-electron chi connectivity index (χ3n) is 5.41. The van der Waals surface area contributed by atoms with Crippen molar-refractivity contribution in [2.75, 3.05) is 11.0 Å². The van der Waals surface area contributed by atoms with Crippen LogP contribution in [0.5, 0.6) is 0 Å². The number of hydrogen-bond acceptors (Lipinski definition) is 7. The summed E-state index contributed by atoms with van der Waals surface area (Å²) in [4.78, 5) is 19.7. The van der Waals surface area contributed by atoms with Crippen molar-refractivity contribution in [3.8, 4) is 11.4 Å². The lowest BCUT2D eigenvalue weighted by atomic mass is 9.84. The molecule has 0 bridgehead atoms. The molecule has 1 aliphatic carbocycles. The Hall–Kier alpha value is -2.49. The molecule has 0 unspecified atom stereocenters. The van der Waals surface area contributed by atoms with E-state index in [0.29, 0.717) is 23.7 Å². The fourth-order valence-corrected chi connectivity index (χ4v) is 4.45. The normalized spacial score (nSPS) is 16.3. The molecule has 0 spiro atoms. The van der Waals surface area contributed by atoms with Gasteiger partial charge in [0, 0.05) is 17.7 Å². The van der Waals surface area contributed by atoms with Crippen LogP contribution in [-0.4, -0.2) is 40.9 Å². The largest absolute Gasteiger partial charge is 0.481 e. The molecule has 2 N–H and O–H groups in total. The molecule has 0 aliphatic heterocycles. The molecule has 164 valence electrons. The van der Waals surface area contributed by atoms with Gasteiger partial charge in [-0.15, -0.1) is 0 Å². The van der Waals surface area contributed by atoms with E-state index in [2.05, 4.69) is 19.8 Å². The van der Waals surface area contributed by atoms with E-state index in [1.54, 1.807) is 6.07 Å². The van der Waals surface area contributed by atoms with Crippen LogP contribution in [-0.2, 0) is 14.8 Å². The zero-order valence-corrected chi connectivity index (χ0v) is 17.9. The quantitative estimate of drug-likeness (QED) is 0.574. The summed E-state index contributed by atoms with van der Waals surface area (Å²) in [6.07, 6.45) is 11.6. The first kappa shape index (κ1) is 22.2. The van der Waals surface area contributed by atoms with Gasteiger partial charge in [0.15, 0.2) is 0 Å². The third kappa shape index (κ3) is 6.79. The molecule has 1 aliphatic rings. The van der Waals surface area contributed by atoms with Gasteiger partial charge in [0.25, 0.3) is 0 Å². The molecule has 1 atom stereocenters. The molecule has 1 fully saturated rings. The van der Waals surface area contributed by atoms with Gasteiger partial charge in [-0.25, -0.2) is 13.4 Å². The van der Waals surface area contributed by atoms with Crippen molar-refractivity contribution in [2.45, 2.75) is 63.7 Å². The fourth-order valence-electron chi connectivity index (χ4n) is 3.95. The number of carboxylic acids is 1. The van der Waals surface area contributed by atoms with Gasteiger partial charge in [0.1, 0.15) is 5.82 Å². The van der Waals surface area contributed by atoms with E-state index in [1.165, 1.54) is 44.4 Å². The topological polar surface area (TPSA) is 135 Å². The molecule has 1 saturated carbocycles. The highest BCUT2D eigenvalue weighted by Gasteiger charge is 2.23. The second-order valence-electron chi connectivity index (χ2n) is 7.99. The van der Waals surface area contributed by atoms with Crippen molar-refractivity contribution in [3.63, 3.8) is 0 Å². The lowest BCUT2D eigenvalue weighted by Gasteiger charge is -2.21. The molecule has 3 rings (SSSR count). The maximum Gasteiger partial charge on any atom is 0.304 e. The van der Waals surface area contributed by atoms with Crippen LogP contribution in [0.4, 0.5) is 5.82 Å². The van der Waals surface area contributed by atoms with Crippen LogP contribution in [0.1, 0.15) is 69.6 Å². The van der Waals surface area contributed by atoms with Crippen LogP contribution in [0.2, 0.25) is 0 Å². The zero-order valence-electron chi connectivity index (χ0n) is 17.1. The van der Waals surface area contributed by atoms with E-state index in [-0.39, 0.29) is 18.2 Å². The Balaban J connectivity index is 1.64. The minimum Gasteiger partial charge on any atom is -0.481 e. The first-order chi connectivity index (χ1) is 14.3. The number of aliphatic carboxylic acids is 1. The average molecular weight is 437 g/mol. The Kier molecular flexibility index (Phi) is 7.41. The standard InChI is InChI=1S/C20H28N4O5S/c1-30(27,28)24-17-11-10-16(13-21-17)19-22-20(29-23-19)15(12-18(25)26)9-5-8-14-6-3-2-4-7-14/h10-11,13-15H,2-9,12H2,1H3,(H,21,24)(H,25,26)/t15-/m1/s1. The summed E-state index contributed by atoms with van der Waals surface area (Å²) in [6, 6.07) is 3.13. The van der Waals surface area contributed by atoms with Crippen LogP contribution in [0.3, 0.4) is 0 Å². The summed E-state index contributed by atoms with van der Waals surface area (Å²) in [5.41, 5.74) is 0.556. The summed E-state index contributed by atoms with van der Waals surface area (Å²) in [5, 5.41) is 13.2. The maximum absolute atomic E-state index is 11.3. The molecule has 2 aromatic heterocycles. The highest BCUT2D eigenvalue weighted by molar-refractivity contribution is 7.92. The van der Waals surface area contributed by atoms with Crippen LogP contribution in [0.15, 0.2) is 22.9 Å². The van der Waals surface area contributed by atoms with Crippen molar-refractivity contribution in [2.24, 2.45) is 5.92 Å². The van der Waals surface area contributed by atoms with E-state index in [1.807, 2.05) is 0 Å². The summed E-state index contributed by atoms with van der Waals surface area (Å²) < 4.78 is 30.2. The number of anilines is 1. The minimum atomic E-state index is -3.41. The Bertz CT molecular complexity index is 936. The first-order valence-electron chi connectivity index (χ1n) is 10.3. The smallest absolute Gasteiger partial charge is 0.304 e. The van der Waals surface area contributed by atoms with E-state index in [9.17, 15) is 18.3 Å². The highest BCUT2D eigenvalue weighted by Crippen LogP contribution is 2.31. The molecule has 2 heterocycles. The minimum absolute atomic E-state index is 0.0538.